The molecule has 1 aromatic heterocycles. The van der Waals surface area contributed by atoms with E-state index in [0.717, 1.165) is 12.0 Å². The van der Waals surface area contributed by atoms with Crippen molar-refractivity contribution in [3.63, 3.8) is 0 Å². The molecule has 1 aliphatic rings. The molecule has 0 radical (unpaired) electrons. The van der Waals surface area contributed by atoms with Crippen LogP contribution < -0.4 is 5.32 Å². The average Bonchev–Trinajstić information content (AvgIpc) is 3.10. The molecule has 1 fully saturated rings. The van der Waals surface area contributed by atoms with E-state index in [9.17, 15) is 4.79 Å². The van der Waals surface area contributed by atoms with Crippen LogP contribution in [-0.2, 0) is 16.1 Å². The molecule has 0 saturated carbocycles. The molecule has 1 aromatic carbocycles. The van der Waals surface area contributed by atoms with Crippen LogP contribution in [0.3, 0.4) is 0 Å². The molecule has 0 spiro atoms. The number of rotatable bonds is 5. The summed E-state index contributed by atoms with van der Waals surface area (Å²) >= 11 is 0. The topological polar surface area (TPSA) is 76.2 Å². The molecule has 0 aliphatic carbocycles. The molecule has 1 amide bonds. The van der Waals surface area contributed by atoms with Gasteiger partial charge in [0.25, 0.3) is 5.91 Å². The van der Waals surface area contributed by atoms with Crippen LogP contribution in [0, 0.1) is 0 Å². The molecule has 1 aliphatic heterocycles. The van der Waals surface area contributed by atoms with Crippen molar-refractivity contribution in [1.82, 2.24) is 15.5 Å². The predicted molar refractivity (Wildman–Crippen MR) is 80.3 cm³/mol. The Labute approximate surface area is 128 Å². The van der Waals surface area contributed by atoms with Crippen molar-refractivity contribution in [3.8, 4) is 0 Å². The zero-order valence-electron chi connectivity index (χ0n) is 12.2. The van der Waals surface area contributed by atoms with Crippen LogP contribution in [0.2, 0.25) is 0 Å². The van der Waals surface area contributed by atoms with E-state index in [4.69, 9.17) is 9.47 Å². The Morgan fingerprint density at radius 2 is 2.23 bits per heavy atom. The van der Waals surface area contributed by atoms with Gasteiger partial charge in [0.05, 0.1) is 25.4 Å². The summed E-state index contributed by atoms with van der Waals surface area (Å²) in [6, 6.07) is 11.5. The zero-order chi connectivity index (χ0) is 15.2. The smallest absolute Gasteiger partial charge is 0.269 e. The molecule has 0 bridgehead atoms. The van der Waals surface area contributed by atoms with Crippen LogP contribution in [0.4, 0.5) is 0 Å². The van der Waals surface area contributed by atoms with Gasteiger partial charge in [0.15, 0.2) is 0 Å². The Morgan fingerprint density at radius 3 is 3.00 bits per heavy atom. The van der Waals surface area contributed by atoms with Gasteiger partial charge in [-0.15, -0.1) is 0 Å². The van der Waals surface area contributed by atoms with Crippen molar-refractivity contribution < 1.29 is 14.3 Å². The average molecular weight is 301 g/mol. The highest BCUT2D eigenvalue weighted by atomic mass is 16.5. The third-order valence-electron chi connectivity index (χ3n) is 3.66. The number of benzene rings is 1. The number of hydrogen-bond acceptors (Lipinski definition) is 4. The summed E-state index contributed by atoms with van der Waals surface area (Å²) < 4.78 is 11.4. The summed E-state index contributed by atoms with van der Waals surface area (Å²) in [7, 11) is 0. The third kappa shape index (κ3) is 3.72. The minimum Gasteiger partial charge on any atom is -0.379 e. The number of nitrogens with zero attached hydrogens (tertiary/aromatic N) is 1. The van der Waals surface area contributed by atoms with E-state index < -0.39 is 0 Å². The van der Waals surface area contributed by atoms with Gasteiger partial charge >= 0.3 is 0 Å². The number of carbonyl (C=O) groups excluding carboxylic acids is 1. The number of amides is 1. The van der Waals surface area contributed by atoms with E-state index in [1.807, 2.05) is 30.3 Å². The summed E-state index contributed by atoms with van der Waals surface area (Å²) in [6.07, 6.45) is 2.26. The maximum atomic E-state index is 12.1. The fraction of sp³-hybridized carbons (Fsp3) is 0.375. The van der Waals surface area contributed by atoms with Crippen molar-refractivity contribution >= 4 is 5.91 Å². The first-order valence-corrected chi connectivity index (χ1v) is 7.36. The molecular weight excluding hydrogens is 282 g/mol. The molecule has 2 N–H and O–H groups in total. The molecule has 22 heavy (non-hydrogen) atoms. The van der Waals surface area contributed by atoms with Crippen molar-refractivity contribution in [2.24, 2.45) is 0 Å². The van der Waals surface area contributed by atoms with E-state index in [1.54, 1.807) is 12.3 Å². The first kappa shape index (κ1) is 14.7. The predicted octanol–water partition coefficient (Wildman–Crippen LogP) is 1.51. The van der Waals surface area contributed by atoms with E-state index in [-0.39, 0.29) is 18.1 Å². The molecule has 2 heterocycles. The highest BCUT2D eigenvalue weighted by molar-refractivity contribution is 5.92. The van der Waals surface area contributed by atoms with Crippen molar-refractivity contribution in [3.05, 3.63) is 53.9 Å². The summed E-state index contributed by atoms with van der Waals surface area (Å²) in [5.74, 6) is -0.193. The van der Waals surface area contributed by atoms with Crippen LogP contribution in [0.5, 0.6) is 0 Å². The monoisotopic (exact) mass is 301 g/mol. The Morgan fingerprint density at radius 1 is 1.36 bits per heavy atom. The molecule has 1 saturated heterocycles. The number of hydrogen-bond donors (Lipinski definition) is 2. The lowest BCUT2D eigenvalue weighted by Gasteiger charge is -2.32. The summed E-state index contributed by atoms with van der Waals surface area (Å²) in [5.41, 5.74) is 1.56. The number of aromatic nitrogens is 2. The van der Waals surface area contributed by atoms with Crippen molar-refractivity contribution in [2.75, 3.05) is 13.2 Å². The Balaban J connectivity index is 1.57. The minimum atomic E-state index is -0.193. The standard InChI is InChI=1S/C16H19N3O3/c20-16(13-6-8-17-19-13)18-14-11-21-9-7-15(14)22-10-12-4-2-1-3-5-12/h1-6,8,14-15H,7,9-11H2,(H,17,19)(H,18,20)/t14-,15+/m1/s1. The quantitative estimate of drug-likeness (QED) is 0.878. The van der Waals surface area contributed by atoms with Crippen LogP contribution in [0.1, 0.15) is 22.5 Å². The van der Waals surface area contributed by atoms with Gasteiger partial charge in [0, 0.05) is 12.8 Å². The van der Waals surface area contributed by atoms with Gasteiger partial charge in [-0.1, -0.05) is 30.3 Å². The zero-order valence-corrected chi connectivity index (χ0v) is 12.2. The van der Waals surface area contributed by atoms with Gasteiger partial charge in [-0.2, -0.15) is 5.10 Å². The second-order valence-corrected chi connectivity index (χ2v) is 5.25. The molecule has 0 unspecified atom stereocenters. The lowest BCUT2D eigenvalue weighted by atomic mass is 10.1. The second kappa shape index (κ2) is 7.20. The maximum Gasteiger partial charge on any atom is 0.269 e. The summed E-state index contributed by atoms with van der Waals surface area (Å²) in [5, 5.41) is 9.39. The lowest BCUT2D eigenvalue weighted by Crippen LogP contribution is -2.50. The first-order chi connectivity index (χ1) is 10.8. The number of aromatic amines is 1. The van der Waals surface area contributed by atoms with Gasteiger partial charge in [0.1, 0.15) is 5.69 Å². The van der Waals surface area contributed by atoms with Gasteiger partial charge < -0.3 is 14.8 Å². The number of H-pyrrole nitrogens is 1. The van der Waals surface area contributed by atoms with Gasteiger partial charge in [0.2, 0.25) is 0 Å². The van der Waals surface area contributed by atoms with E-state index in [1.165, 1.54) is 0 Å². The van der Waals surface area contributed by atoms with Gasteiger partial charge in [-0.25, -0.2) is 0 Å². The number of carbonyl (C=O) groups is 1. The third-order valence-corrected chi connectivity index (χ3v) is 3.66. The first-order valence-electron chi connectivity index (χ1n) is 7.36. The molecule has 2 aromatic rings. The molecule has 6 nitrogen and oxygen atoms in total. The fourth-order valence-electron chi connectivity index (χ4n) is 2.46. The lowest BCUT2D eigenvalue weighted by molar-refractivity contribution is -0.0605. The van der Waals surface area contributed by atoms with Crippen molar-refractivity contribution in [1.29, 1.82) is 0 Å². The SMILES string of the molecule is O=C(N[C@@H]1COCC[C@@H]1OCc1ccccc1)c1ccn[nH]1. The highest BCUT2D eigenvalue weighted by Gasteiger charge is 2.28. The van der Waals surface area contributed by atoms with E-state index in [2.05, 4.69) is 15.5 Å². The summed E-state index contributed by atoms with van der Waals surface area (Å²) in [4.78, 5) is 12.1. The minimum absolute atomic E-state index is 0.0548. The van der Waals surface area contributed by atoms with Gasteiger partial charge in [-0.05, 0) is 18.1 Å². The molecule has 6 heteroatoms. The van der Waals surface area contributed by atoms with Crippen LogP contribution in [0.15, 0.2) is 42.6 Å². The largest absolute Gasteiger partial charge is 0.379 e. The van der Waals surface area contributed by atoms with Crippen LogP contribution in [-0.4, -0.2) is 41.5 Å². The second-order valence-electron chi connectivity index (χ2n) is 5.25. The molecule has 3 rings (SSSR count). The fourth-order valence-corrected chi connectivity index (χ4v) is 2.46. The van der Waals surface area contributed by atoms with E-state index >= 15 is 0 Å². The van der Waals surface area contributed by atoms with Crippen LogP contribution >= 0.6 is 0 Å². The summed E-state index contributed by atoms with van der Waals surface area (Å²) in [6.45, 7) is 1.64. The highest BCUT2D eigenvalue weighted by Crippen LogP contribution is 2.15. The maximum absolute atomic E-state index is 12.1. The van der Waals surface area contributed by atoms with Crippen molar-refractivity contribution in [2.45, 2.75) is 25.2 Å². The number of ether oxygens (including phenoxy) is 2. The number of nitrogens with one attached hydrogen (secondary N) is 2. The van der Waals surface area contributed by atoms with Crippen LogP contribution in [0.25, 0.3) is 0 Å². The Kier molecular flexibility index (Phi) is 4.82. The van der Waals surface area contributed by atoms with Gasteiger partial charge in [-0.3, -0.25) is 9.89 Å². The van der Waals surface area contributed by atoms with E-state index in [0.29, 0.717) is 25.5 Å². The Hall–Kier alpha value is -2.18. The Bertz CT molecular complexity index is 586. The molecule has 116 valence electrons. The molecular formula is C16H19N3O3. The normalized spacial score (nSPS) is 21.5. The molecule has 2 atom stereocenters.